The quantitative estimate of drug-likeness (QED) is 0.336. The molecule has 4 N–H and O–H groups in total. The third-order valence-corrected chi connectivity index (χ3v) is 5.32. The SMILES string of the molecule is CCOC(=O)CCNC(=O)[C@H](Cc1cccc(Oc2ccccc2)c1)NC(=O)c1ccc(CN)cc1. The minimum absolute atomic E-state index is 0.0429. The van der Waals surface area contributed by atoms with Crippen molar-refractivity contribution < 1.29 is 23.9 Å². The summed E-state index contributed by atoms with van der Waals surface area (Å²) in [4.78, 5) is 37.5. The summed E-state index contributed by atoms with van der Waals surface area (Å²) in [6.45, 7) is 2.47. The van der Waals surface area contributed by atoms with Crippen LogP contribution in [0.25, 0.3) is 0 Å². The summed E-state index contributed by atoms with van der Waals surface area (Å²) >= 11 is 0. The zero-order chi connectivity index (χ0) is 25.8. The lowest BCUT2D eigenvalue weighted by atomic mass is 10.0. The second kappa shape index (κ2) is 13.7. The number of benzene rings is 3. The Bertz CT molecular complexity index is 1150. The van der Waals surface area contributed by atoms with Crippen molar-refractivity contribution in [1.29, 1.82) is 0 Å². The van der Waals surface area contributed by atoms with Gasteiger partial charge in [0.05, 0.1) is 13.0 Å². The van der Waals surface area contributed by atoms with E-state index in [1.165, 1.54) is 0 Å². The molecule has 0 saturated carbocycles. The first-order valence-electron chi connectivity index (χ1n) is 11.8. The van der Waals surface area contributed by atoms with Crippen LogP contribution in [0.2, 0.25) is 0 Å². The Morgan fingerprint density at radius 2 is 1.61 bits per heavy atom. The van der Waals surface area contributed by atoms with Crippen molar-refractivity contribution in [3.05, 3.63) is 95.6 Å². The van der Waals surface area contributed by atoms with Gasteiger partial charge in [0, 0.05) is 25.1 Å². The number of hydrogen-bond donors (Lipinski definition) is 3. The molecule has 188 valence electrons. The van der Waals surface area contributed by atoms with E-state index in [-0.39, 0.29) is 31.9 Å². The summed E-state index contributed by atoms with van der Waals surface area (Å²) in [7, 11) is 0. The second-order valence-electron chi connectivity index (χ2n) is 8.04. The van der Waals surface area contributed by atoms with E-state index in [0.29, 0.717) is 23.6 Å². The smallest absolute Gasteiger partial charge is 0.307 e. The van der Waals surface area contributed by atoms with Crippen LogP contribution in [0.15, 0.2) is 78.9 Å². The highest BCUT2D eigenvalue weighted by molar-refractivity contribution is 5.97. The molecule has 0 aromatic heterocycles. The van der Waals surface area contributed by atoms with Crippen LogP contribution in [0.4, 0.5) is 0 Å². The monoisotopic (exact) mass is 489 g/mol. The summed E-state index contributed by atoms with van der Waals surface area (Å²) in [5.41, 5.74) is 7.74. The first kappa shape index (κ1) is 26.4. The van der Waals surface area contributed by atoms with E-state index in [2.05, 4.69) is 10.6 Å². The normalized spacial score (nSPS) is 11.3. The summed E-state index contributed by atoms with van der Waals surface area (Å²) < 4.78 is 10.8. The van der Waals surface area contributed by atoms with Crippen molar-refractivity contribution in [2.45, 2.75) is 32.4 Å². The molecule has 3 aromatic rings. The molecule has 0 heterocycles. The Morgan fingerprint density at radius 3 is 2.31 bits per heavy atom. The Kier molecular flexibility index (Phi) is 10.0. The van der Waals surface area contributed by atoms with Gasteiger partial charge in [-0.05, 0) is 54.4 Å². The van der Waals surface area contributed by atoms with Crippen LogP contribution in [-0.4, -0.2) is 37.0 Å². The molecule has 2 amide bonds. The molecule has 0 fully saturated rings. The molecule has 0 aliphatic carbocycles. The number of rotatable bonds is 12. The molecule has 0 radical (unpaired) electrons. The highest BCUT2D eigenvalue weighted by Crippen LogP contribution is 2.22. The van der Waals surface area contributed by atoms with Crippen molar-refractivity contribution in [3.8, 4) is 11.5 Å². The van der Waals surface area contributed by atoms with Gasteiger partial charge >= 0.3 is 5.97 Å². The highest BCUT2D eigenvalue weighted by atomic mass is 16.5. The van der Waals surface area contributed by atoms with Gasteiger partial charge < -0.3 is 25.8 Å². The van der Waals surface area contributed by atoms with Crippen molar-refractivity contribution in [3.63, 3.8) is 0 Å². The van der Waals surface area contributed by atoms with Crippen LogP contribution >= 0.6 is 0 Å². The van der Waals surface area contributed by atoms with E-state index in [4.69, 9.17) is 15.2 Å². The molecular weight excluding hydrogens is 458 g/mol. The average Bonchev–Trinajstić information content (AvgIpc) is 2.89. The second-order valence-corrected chi connectivity index (χ2v) is 8.04. The van der Waals surface area contributed by atoms with Gasteiger partial charge in [0.15, 0.2) is 0 Å². The Balaban J connectivity index is 1.72. The van der Waals surface area contributed by atoms with Crippen LogP contribution in [0.3, 0.4) is 0 Å². The number of amides is 2. The van der Waals surface area contributed by atoms with Gasteiger partial charge in [-0.3, -0.25) is 14.4 Å². The van der Waals surface area contributed by atoms with E-state index < -0.39 is 17.9 Å². The number of carbonyl (C=O) groups excluding carboxylic acids is 3. The molecule has 8 heteroatoms. The molecule has 3 aromatic carbocycles. The summed E-state index contributed by atoms with van der Waals surface area (Å²) in [5, 5.41) is 5.53. The predicted molar refractivity (Wildman–Crippen MR) is 137 cm³/mol. The van der Waals surface area contributed by atoms with Gasteiger partial charge in [-0.25, -0.2) is 0 Å². The third kappa shape index (κ3) is 8.25. The minimum Gasteiger partial charge on any atom is -0.466 e. The molecule has 0 saturated heterocycles. The van der Waals surface area contributed by atoms with E-state index in [1.54, 1.807) is 31.2 Å². The van der Waals surface area contributed by atoms with E-state index in [0.717, 1.165) is 11.1 Å². The van der Waals surface area contributed by atoms with Crippen LogP contribution in [-0.2, 0) is 27.3 Å². The lowest BCUT2D eigenvalue weighted by Gasteiger charge is -2.19. The first-order valence-corrected chi connectivity index (χ1v) is 11.8. The summed E-state index contributed by atoms with van der Waals surface area (Å²) in [6, 6.07) is 22.7. The largest absolute Gasteiger partial charge is 0.466 e. The Labute approximate surface area is 210 Å². The molecule has 0 unspecified atom stereocenters. The molecule has 36 heavy (non-hydrogen) atoms. The van der Waals surface area contributed by atoms with Crippen molar-refractivity contribution >= 4 is 17.8 Å². The van der Waals surface area contributed by atoms with Gasteiger partial charge in [0.1, 0.15) is 17.5 Å². The minimum atomic E-state index is -0.874. The summed E-state index contributed by atoms with van der Waals surface area (Å²) in [6.07, 6.45) is 0.269. The van der Waals surface area contributed by atoms with Crippen LogP contribution in [0, 0.1) is 0 Å². The fourth-order valence-corrected chi connectivity index (χ4v) is 3.48. The standard InChI is InChI=1S/C28H31N3O5/c1-2-35-26(32)15-16-30-28(34)25(31-27(33)22-13-11-20(19-29)12-14-22)18-21-7-6-10-24(17-21)36-23-8-4-3-5-9-23/h3-14,17,25H,2,15-16,18-19,29H2,1H3,(H,30,34)(H,31,33)/t25-/m0/s1. The van der Waals surface area contributed by atoms with Gasteiger partial charge in [-0.15, -0.1) is 0 Å². The van der Waals surface area contributed by atoms with Gasteiger partial charge in [-0.1, -0.05) is 42.5 Å². The number of ether oxygens (including phenoxy) is 2. The van der Waals surface area contributed by atoms with Crippen LogP contribution in [0.1, 0.15) is 34.8 Å². The first-order chi connectivity index (χ1) is 17.5. The molecule has 3 rings (SSSR count). The maximum Gasteiger partial charge on any atom is 0.307 e. The van der Waals surface area contributed by atoms with Crippen LogP contribution in [0.5, 0.6) is 11.5 Å². The molecule has 8 nitrogen and oxygen atoms in total. The molecule has 0 spiro atoms. The van der Waals surface area contributed by atoms with Crippen molar-refractivity contribution in [1.82, 2.24) is 10.6 Å². The lowest BCUT2D eigenvalue weighted by molar-refractivity contribution is -0.143. The van der Waals surface area contributed by atoms with E-state index in [9.17, 15) is 14.4 Å². The molecule has 0 aliphatic heterocycles. The predicted octanol–water partition coefficient (Wildman–Crippen LogP) is 3.35. The third-order valence-electron chi connectivity index (χ3n) is 5.32. The molecular formula is C28H31N3O5. The van der Waals surface area contributed by atoms with Crippen LogP contribution < -0.4 is 21.1 Å². The van der Waals surface area contributed by atoms with Gasteiger partial charge in [-0.2, -0.15) is 0 Å². The number of carbonyl (C=O) groups is 3. The molecule has 0 aliphatic rings. The molecule has 0 bridgehead atoms. The maximum absolute atomic E-state index is 13.0. The Hall–Kier alpha value is -4.17. The van der Waals surface area contributed by atoms with Crippen molar-refractivity contribution in [2.24, 2.45) is 5.73 Å². The number of nitrogens with one attached hydrogen (secondary N) is 2. The Morgan fingerprint density at radius 1 is 0.889 bits per heavy atom. The van der Waals surface area contributed by atoms with E-state index >= 15 is 0 Å². The van der Waals surface area contributed by atoms with E-state index in [1.807, 2.05) is 54.6 Å². The zero-order valence-corrected chi connectivity index (χ0v) is 20.2. The number of nitrogens with two attached hydrogens (primary N) is 1. The number of hydrogen-bond acceptors (Lipinski definition) is 6. The highest BCUT2D eigenvalue weighted by Gasteiger charge is 2.22. The number of esters is 1. The summed E-state index contributed by atoms with van der Waals surface area (Å²) in [5.74, 6) is 0.117. The number of para-hydroxylation sites is 1. The molecule has 1 atom stereocenters. The maximum atomic E-state index is 13.0. The lowest BCUT2D eigenvalue weighted by Crippen LogP contribution is -2.48. The van der Waals surface area contributed by atoms with Gasteiger partial charge in [0.25, 0.3) is 5.91 Å². The fraction of sp³-hybridized carbons (Fsp3) is 0.250. The van der Waals surface area contributed by atoms with Crippen molar-refractivity contribution in [2.75, 3.05) is 13.2 Å². The average molecular weight is 490 g/mol. The topological polar surface area (TPSA) is 120 Å². The zero-order valence-electron chi connectivity index (χ0n) is 20.2. The fourth-order valence-electron chi connectivity index (χ4n) is 3.48. The van der Waals surface area contributed by atoms with Gasteiger partial charge in [0.2, 0.25) is 5.91 Å².